The normalized spacial score (nSPS) is 13.3. The lowest BCUT2D eigenvalue weighted by molar-refractivity contribution is 0.0652. The predicted octanol–water partition coefficient (Wildman–Crippen LogP) is 2.09. The van der Waals surface area contributed by atoms with Crippen molar-refractivity contribution in [2.75, 3.05) is 13.2 Å². The van der Waals surface area contributed by atoms with E-state index in [2.05, 4.69) is 9.68 Å². The number of hydrogen-bond acceptors (Lipinski definition) is 5. The van der Waals surface area contributed by atoms with Gasteiger partial charge in [-0.05, 0) is 0 Å². The van der Waals surface area contributed by atoms with E-state index in [0.717, 1.165) is 12.1 Å². The van der Waals surface area contributed by atoms with Gasteiger partial charge in [-0.2, -0.15) is 0 Å². The Kier molecular flexibility index (Phi) is 2.78. The molecule has 0 saturated heterocycles. The highest BCUT2D eigenvalue weighted by Crippen LogP contribution is 2.42. The number of nitrogens with zero attached hydrogens (tertiary/aromatic N) is 1. The van der Waals surface area contributed by atoms with Gasteiger partial charge in [0.25, 0.3) is 0 Å². The van der Waals surface area contributed by atoms with E-state index >= 15 is 0 Å². The number of ether oxygens (including phenoxy) is 2. The molecule has 1 aromatic carbocycles. The van der Waals surface area contributed by atoms with Gasteiger partial charge in [0.2, 0.25) is 5.76 Å². The third kappa shape index (κ3) is 1.85. The molecule has 0 aliphatic carbocycles. The van der Waals surface area contributed by atoms with Crippen molar-refractivity contribution in [2.45, 2.75) is 0 Å². The molecule has 0 saturated carbocycles. The molecule has 1 N–H and O–H groups in total. The van der Waals surface area contributed by atoms with E-state index in [4.69, 9.17) is 14.6 Å². The molecule has 1 aliphatic heterocycles. The lowest BCUT2D eigenvalue weighted by atomic mass is 10.1. The molecule has 2 heterocycles. The fraction of sp³-hybridized carbons (Fsp3) is 0.167. The summed E-state index contributed by atoms with van der Waals surface area (Å²) in [5, 5.41) is 12.2. The second-order valence-electron chi connectivity index (χ2n) is 3.95. The Balaban J connectivity index is 2.20. The van der Waals surface area contributed by atoms with Crippen LogP contribution in [0.4, 0.5) is 8.78 Å². The number of carboxylic acids is 1. The Morgan fingerprint density at radius 3 is 2.70 bits per heavy atom. The van der Waals surface area contributed by atoms with Crippen molar-refractivity contribution in [2.24, 2.45) is 0 Å². The molecule has 3 rings (SSSR count). The van der Waals surface area contributed by atoms with Crippen LogP contribution in [0.2, 0.25) is 0 Å². The van der Waals surface area contributed by atoms with Crippen molar-refractivity contribution < 1.29 is 32.7 Å². The Hall–Kier alpha value is -2.64. The van der Waals surface area contributed by atoms with E-state index in [1.165, 1.54) is 0 Å². The maximum Gasteiger partial charge on any atom is 0.374 e. The van der Waals surface area contributed by atoms with Crippen LogP contribution in [0.1, 0.15) is 10.6 Å². The summed E-state index contributed by atoms with van der Waals surface area (Å²) in [5.41, 5.74) is -0.503. The molecule has 0 fully saturated rings. The molecule has 6 nitrogen and oxygen atoms in total. The molecular weight excluding hydrogens is 276 g/mol. The fourth-order valence-electron chi connectivity index (χ4n) is 1.85. The van der Waals surface area contributed by atoms with Crippen molar-refractivity contribution in [3.63, 3.8) is 0 Å². The highest BCUT2D eigenvalue weighted by atomic mass is 19.2. The van der Waals surface area contributed by atoms with E-state index in [-0.39, 0.29) is 36.0 Å². The quantitative estimate of drug-likeness (QED) is 0.908. The van der Waals surface area contributed by atoms with Gasteiger partial charge in [0, 0.05) is 12.1 Å². The van der Waals surface area contributed by atoms with E-state index in [1.54, 1.807) is 0 Å². The molecule has 0 unspecified atom stereocenters. The number of rotatable bonds is 2. The first kappa shape index (κ1) is 12.4. The average Bonchev–Trinajstić information content (AvgIpc) is 2.90. The minimum Gasteiger partial charge on any atom is -0.486 e. The molecular formula is C12H7F2NO5. The minimum absolute atomic E-state index is 0.0274. The van der Waals surface area contributed by atoms with Crippen LogP contribution in [0.25, 0.3) is 11.3 Å². The fourth-order valence-corrected chi connectivity index (χ4v) is 1.85. The monoisotopic (exact) mass is 283 g/mol. The third-order valence-corrected chi connectivity index (χ3v) is 2.70. The molecule has 0 atom stereocenters. The number of benzene rings is 1. The maximum absolute atomic E-state index is 13.9. The van der Waals surface area contributed by atoms with Gasteiger partial charge in [0.05, 0.1) is 5.56 Å². The summed E-state index contributed by atoms with van der Waals surface area (Å²) in [5.74, 6) is -4.21. The second-order valence-corrected chi connectivity index (χ2v) is 3.95. The van der Waals surface area contributed by atoms with Crippen LogP contribution in [0, 0.1) is 11.6 Å². The van der Waals surface area contributed by atoms with Gasteiger partial charge in [0.1, 0.15) is 18.9 Å². The Morgan fingerprint density at radius 2 is 2.00 bits per heavy atom. The molecule has 20 heavy (non-hydrogen) atoms. The lowest BCUT2D eigenvalue weighted by Gasteiger charge is -2.20. The van der Waals surface area contributed by atoms with Crippen LogP contribution >= 0.6 is 0 Å². The van der Waals surface area contributed by atoms with Gasteiger partial charge in [-0.3, -0.25) is 0 Å². The Bertz CT molecular complexity index is 697. The van der Waals surface area contributed by atoms with Gasteiger partial charge >= 0.3 is 5.97 Å². The number of carboxylic acid groups (broad SMARTS) is 1. The number of fused-ring (bicyclic) bond motifs is 1. The Labute approximate surface area is 110 Å². The summed E-state index contributed by atoms with van der Waals surface area (Å²) < 4.78 is 42.4. The summed E-state index contributed by atoms with van der Waals surface area (Å²) >= 11 is 0. The van der Waals surface area contributed by atoms with Crippen LogP contribution in [-0.4, -0.2) is 29.4 Å². The number of carbonyl (C=O) groups is 1. The zero-order valence-corrected chi connectivity index (χ0v) is 9.85. The summed E-state index contributed by atoms with van der Waals surface area (Å²) in [7, 11) is 0. The van der Waals surface area contributed by atoms with Gasteiger partial charge in [0.15, 0.2) is 23.1 Å². The number of aromatic nitrogens is 1. The first-order valence-electron chi connectivity index (χ1n) is 5.56. The summed E-state index contributed by atoms with van der Waals surface area (Å²) in [6, 6.07) is 1.85. The van der Waals surface area contributed by atoms with E-state index < -0.39 is 23.4 Å². The predicted molar refractivity (Wildman–Crippen MR) is 59.8 cm³/mol. The van der Waals surface area contributed by atoms with Gasteiger partial charge in [-0.25, -0.2) is 13.6 Å². The zero-order chi connectivity index (χ0) is 14.3. The summed E-state index contributed by atoms with van der Waals surface area (Å²) in [6.07, 6.45) is 0. The SMILES string of the molecule is O=C(O)c1cc(-c2c(F)c(F)cc3c2OCCO3)no1. The van der Waals surface area contributed by atoms with Crippen molar-refractivity contribution in [3.8, 4) is 22.8 Å². The number of halogens is 2. The second kappa shape index (κ2) is 4.48. The maximum atomic E-state index is 13.9. The lowest BCUT2D eigenvalue weighted by Crippen LogP contribution is -2.17. The molecule has 1 aromatic heterocycles. The van der Waals surface area contributed by atoms with Crippen molar-refractivity contribution in [3.05, 3.63) is 29.5 Å². The van der Waals surface area contributed by atoms with Crippen LogP contribution in [0.5, 0.6) is 11.5 Å². The van der Waals surface area contributed by atoms with Gasteiger partial charge in [-0.15, -0.1) is 0 Å². The van der Waals surface area contributed by atoms with Crippen LogP contribution < -0.4 is 9.47 Å². The van der Waals surface area contributed by atoms with Gasteiger partial charge < -0.3 is 19.1 Å². The first-order chi connectivity index (χ1) is 9.58. The first-order valence-corrected chi connectivity index (χ1v) is 5.56. The average molecular weight is 283 g/mol. The Morgan fingerprint density at radius 1 is 1.25 bits per heavy atom. The third-order valence-electron chi connectivity index (χ3n) is 2.70. The molecule has 104 valence electrons. The molecule has 1 aliphatic rings. The van der Waals surface area contributed by atoms with Crippen LogP contribution in [0.15, 0.2) is 16.7 Å². The zero-order valence-electron chi connectivity index (χ0n) is 9.85. The molecule has 0 radical (unpaired) electrons. The summed E-state index contributed by atoms with van der Waals surface area (Å²) in [4.78, 5) is 10.7. The van der Waals surface area contributed by atoms with Crippen molar-refractivity contribution in [1.29, 1.82) is 0 Å². The van der Waals surface area contributed by atoms with E-state index in [9.17, 15) is 13.6 Å². The molecule has 8 heteroatoms. The molecule has 0 spiro atoms. The van der Waals surface area contributed by atoms with E-state index in [1.807, 2.05) is 0 Å². The minimum atomic E-state index is -1.37. The van der Waals surface area contributed by atoms with Crippen LogP contribution in [-0.2, 0) is 0 Å². The van der Waals surface area contributed by atoms with Crippen LogP contribution in [0.3, 0.4) is 0 Å². The number of aromatic carboxylic acids is 1. The molecule has 0 bridgehead atoms. The standard InChI is InChI=1S/C12H7F2NO5/c13-5-3-7-11(19-2-1-18-7)9(10(5)14)6-4-8(12(16)17)20-15-6/h3-4H,1-2H2,(H,16,17). The summed E-state index contributed by atoms with van der Waals surface area (Å²) in [6.45, 7) is 0.366. The molecule has 0 amide bonds. The highest BCUT2D eigenvalue weighted by molar-refractivity contribution is 5.86. The van der Waals surface area contributed by atoms with Gasteiger partial charge in [-0.1, -0.05) is 5.16 Å². The smallest absolute Gasteiger partial charge is 0.374 e. The highest BCUT2D eigenvalue weighted by Gasteiger charge is 2.27. The molecule has 2 aromatic rings. The van der Waals surface area contributed by atoms with Crippen molar-refractivity contribution >= 4 is 5.97 Å². The largest absolute Gasteiger partial charge is 0.486 e. The topological polar surface area (TPSA) is 81.8 Å². The number of hydrogen-bond donors (Lipinski definition) is 1. The van der Waals surface area contributed by atoms with Crippen molar-refractivity contribution in [1.82, 2.24) is 5.16 Å². The van der Waals surface area contributed by atoms with E-state index in [0.29, 0.717) is 0 Å².